The van der Waals surface area contributed by atoms with E-state index in [2.05, 4.69) is 5.32 Å². The van der Waals surface area contributed by atoms with E-state index in [4.69, 9.17) is 11.6 Å². The van der Waals surface area contributed by atoms with Gasteiger partial charge in [0, 0.05) is 12.1 Å². The molecule has 110 valence electrons. The van der Waals surface area contributed by atoms with E-state index in [0.29, 0.717) is 6.54 Å². The van der Waals surface area contributed by atoms with Gasteiger partial charge in [-0.2, -0.15) is 0 Å². The molecular formula is C17H12ClNO3. The summed E-state index contributed by atoms with van der Waals surface area (Å²) in [6.07, 6.45) is 0. The van der Waals surface area contributed by atoms with Crippen LogP contribution in [0, 0.1) is 0 Å². The SMILES string of the molecule is O=C1C(Cl)=C(NCc2ccccc2)C(=O)c2c(O)cccc21. The summed E-state index contributed by atoms with van der Waals surface area (Å²) >= 11 is 6.04. The van der Waals surface area contributed by atoms with Crippen LogP contribution in [0.2, 0.25) is 0 Å². The Kier molecular flexibility index (Phi) is 3.69. The monoisotopic (exact) mass is 313 g/mol. The molecule has 0 unspecified atom stereocenters. The van der Waals surface area contributed by atoms with Crippen LogP contribution in [0.1, 0.15) is 26.3 Å². The van der Waals surface area contributed by atoms with Crippen molar-refractivity contribution in [2.24, 2.45) is 0 Å². The van der Waals surface area contributed by atoms with Crippen molar-refractivity contribution in [2.75, 3.05) is 0 Å². The third kappa shape index (κ3) is 2.38. The summed E-state index contributed by atoms with van der Waals surface area (Å²) < 4.78 is 0. The minimum atomic E-state index is -0.478. The summed E-state index contributed by atoms with van der Waals surface area (Å²) in [5, 5.41) is 12.6. The van der Waals surface area contributed by atoms with Crippen LogP contribution in [0.4, 0.5) is 0 Å². The fourth-order valence-corrected chi connectivity index (χ4v) is 2.62. The van der Waals surface area contributed by atoms with Crippen LogP contribution in [0.25, 0.3) is 0 Å². The molecule has 2 N–H and O–H groups in total. The first-order chi connectivity index (χ1) is 10.6. The molecule has 2 aromatic rings. The van der Waals surface area contributed by atoms with Gasteiger partial charge in [0.15, 0.2) is 0 Å². The average Bonchev–Trinajstić information content (AvgIpc) is 2.53. The van der Waals surface area contributed by atoms with E-state index >= 15 is 0 Å². The zero-order valence-electron chi connectivity index (χ0n) is 11.5. The van der Waals surface area contributed by atoms with Crippen LogP contribution in [0.5, 0.6) is 5.75 Å². The van der Waals surface area contributed by atoms with Crippen LogP contribution in [0.3, 0.4) is 0 Å². The molecule has 0 bridgehead atoms. The molecule has 0 radical (unpaired) electrons. The Bertz CT molecular complexity index is 797. The second kappa shape index (κ2) is 5.66. The second-order valence-corrected chi connectivity index (χ2v) is 5.26. The molecule has 0 amide bonds. The standard InChI is InChI=1S/C17H12ClNO3/c18-14-15(19-9-10-5-2-1-3-6-10)17(22)13-11(16(14)21)7-4-8-12(13)20/h1-8,19-20H,9H2. The largest absolute Gasteiger partial charge is 0.507 e. The first-order valence-electron chi connectivity index (χ1n) is 6.68. The number of ketones is 2. The Labute approximate surface area is 132 Å². The lowest BCUT2D eigenvalue weighted by atomic mass is 9.91. The number of benzene rings is 2. The van der Waals surface area contributed by atoms with E-state index in [9.17, 15) is 14.7 Å². The Balaban J connectivity index is 1.95. The highest BCUT2D eigenvalue weighted by atomic mass is 35.5. The number of hydrogen-bond acceptors (Lipinski definition) is 4. The highest BCUT2D eigenvalue weighted by molar-refractivity contribution is 6.50. The van der Waals surface area contributed by atoms with Gasteiger partial charge in [-0.25, -0.2) is 0 Å². The molecule has 1 aliphatic carbocycles. The maximum atomic E-state index is 12.5. The molecule has 5 heteroatoms. The van der Waals surface area contributed by atoms with Crippen LogP contribution in [-0.2, 0) is 6.54 Å². The van der Waals surface area contributed by atoms with Crippen molar-refractivity contribution in [3.05, 3.63) is 76.0 Å². The van der Waals surface area contributed by atoms with Gasteiger partial charge in [0.1, 0.15) is 16.5 Å². The van der Waals surface area contributed by atoms with E-state index in [1.54, 1.807) is 0 Å². The summed E-state index contributed by atoms with van der Waals surface area (Å²) in [5.74, 6) is -1.17. The number of aromatic hydroxyl groups is 1. The van der Waals surface area contributed by atoms with E-state index in [1.807, 2.05) is 30.3 Å². The predicted molar refractivity (Wildman–Crippen MR) is 82.9 cm³/mol. The van der Waals surface area contributed by atoms with Crippen LogP contribution >= 0.6 is 11.6 Å². The molecule has 3 rings (SSSR count). The van der Waals surface area contributed by atoms with Crippen molar-refractivity contribution in [3.63, 3.8) is 0 Å². The molecule has 22 heavy (non-hydrogen) atoms. The number of phenols is 1. The molecule has 0 aromatic heterocycles. The number of rotatable bonds is 3. The summed E-state index contributed by atoms with van der Waals surface area (Å²) in [7, 11) is 0. The van der Waals surface area contributed by atoms with E-state index < -0.39 is 11.6 Å². The molecule has 4 nitrogen and oxygen atoms in total. The lowest BCUT2D eigenvalue weighted by Gasteiger charge is -2.19. The number of nitrogens with one attached hydrogen (secondary N) is 1. The Morgan fingerprint density at radius 1 is 0.955 bits per heavy atom. The van der Waals surface area contributed by atoms with Crippen LogP contribution in [0.15, 0.2) is 59.3 Å². The number of hydrogen-bond donors (Lipinski definition) is 2. The fourth-order valence-electron chi connectivity index (χ4n) is 2.37. The quantitative estimate of drug-likeness (QED) is 0.914. The van der Waals surface area contributed by atoms with Gasteiger partial charge in [-0.1, -0.05) is 48.0 Å². The lowest BCUT2D eigenvalue weighted by molar-refractivity contribution is 0.0972. The first kappa shape index (κ1) is 14.4. The van der Waals surface area contributed by atoms with Crippen LogP contribution < -0.4 is 5.32 Å². The van der Waals surface area contributed by atoms with Crippen molar-refractivity contribution in [1.29, 1.82) is 0 Å². The number of carbonyl (C=O) groups is 2. The number of carbonyl (C=O) groups excluding carboxylic acids is 2. The summed E-state index contributed by atoms with van der Waals surface area (Å²) in [6, 6.07) is 13.8. The lowest BCUT2D eigenvalue weighted by Crippen LogP contribution is -2.28. The topological polar surface area (TPSA) is 66.4 Å². The molecule has 0 spiro atoms. The van der Waals surface area contributed by atoms with E-state index in [1.165, 1.54) is 18.2 Å². The Hall–Kier alpha value is -2.59. The highest BCUT2D eigenvalue weighted by Crippen LogP contribution is 2.32. The molecule has 0 fully saturated rings. The van der Waals surface area contributed by atoms with Crippen molar-refractivity contribution in [3.8, 4) is 5.75 Å². The van der Waals surface area contributed by atoms with Gasteiger partial charge in [-0.05, 0) is 17.7 Å². The number of phenolic OH excluding ortho intramolecular Hbond substituents is 1. The van der Waals surface area contributed by atoms with Crippen molar-refractivity contribution in [1.82, 2.24) is 5.32 Å². The second-order valence-electron chi connectivity index (χ2n) is 4.89. The van der Waals surface area contributed by atoms with E-state index in [0.717, 1.165) is 5.56 Å². The highest BCUT2D eigenvalue weighted by Gasteiger charge is 2.33. The molecule has 1 aliphatic rings. The van der Waals surface area contributed by atoms with Gasteiger partial charge in [0.25, 0.3) is 0 Å². The zero-order valence-corrected chi connectivity index (χ0v) is 12.2. The number of halogens is 1. The number of allylic oxidation sites excluding steroid dienone is 2. The van der Waals surface area contributed by atoms with Gasteiger partial charge >= 0.3 is 0 Å². The van der Waals surface area contributed by atoms with Crippen LogP contribution in [-0.4, -0.2) is 16.7 Å². The maximum Gasteiger partial charge on any atom is 0.214 e. The molecule has 0 aliphatic heterocycles. The minimum Gasteiger partial charge on any atom is -0.507 e. The minimum absolute atomic E-state index is 0.00698. The molecule has 0 atom stereocenters. The maximum absolute atomic E-state index is 12.5. The van der Waals surface area contributed by atoms with Gasteiger partial charge < -0.3 is 10.4 Å². The number of Topliss-reactive ketones (excluding diaryl/α,β-unsaturated/α-hetero) is 2. The summed E-state index contributed by atoms with van der Waals surface area (Å²) in [5.41, 5.74) is 1.08. The fraction of sp³-hybridized carbons (Fsp3) is 0.0588. The van der Waals surface area contributed by atoms with Crippen molar-refractivity contribution < 1.29 is 14.7 Å². The molecule has 2 aromatic carbocycles. The zero-order chi connectivity index (χ0) is 15.7. The predicted octanol–water partition coefficient (Wildman–Crippen LogP) is 3.01. The van der Waals surface area contributed by atoms with Crippen molar-refractivity contribution >= 4 is 23.2 Å². The average molecular weight is 314 g/mol. The molecular weight excluding hydrogens is 302 g/mol. The van der Waals surface area contributed by atoms with Crippen molar-refractivity contribution in [2.45, 2.75) is 6.54 Å². The van der Waals surface area contributed by atoms with Gasteiger partial charge in [-0.15, -0.1) is 0 Å². The van der Waals surface area contributed by atoms with Gasteiger partial charge in [-0.3, -0.25) is 9.59 Å². The molecule has 0 saturated heterocycles. The summed E-state index contributed by atoms with van der Waals surface area (Å²) in [4.78, 5) is 24.7. The van der Waals surface area contributed by atoms with Gasteiger partial charge in [0.2, 0.25) is 11.6 Å². The first-order valence-corrected chi connectivity index (χ1v) is 7.06. The Morgan fingerprint density at radius 2 is 1.68 bits per heavy atom. The third-order valence-electron chi connectivity index (χ3n) is 3.47. The van der Waals surface area contributed by atoms with Gasteiger partial charge in [0.05, 0.1) is 5.56 Å². The summed E-state index contributed by atoms with van der Waals surface area (Å²) in [6.45, 7) is 0.355. The smallest absolute Gasteiger partial charge is 0.214 e. The number of fused-ring (bicyclic) bond motifs is 1. The Morgan fingerprint density at radius 3 is 2.41 bits per heavy atom. The molecule has 0 saturated carbocycles. The normalized spacial score (nSPS) is 14.0. The third-order valence-corrected chi connectivity index (χ3v) is 3.83. The molecule has 0 heterocycles. The van der Waals surface area contributed by atoms with E-state index in [-0.39, 0.29) is 27.6 Å².